The maximum atomic E-state index is 2.73. The van der Waals surface area contributed by atoms with Crippen molar-refractivity contribution in [1.82, 2.24) is 0 Å². The van der Waals surface area contributed by atoms with E-state index < -0.39 is 0 Å². The van der Waals surface area contributed by atoms with Crippen LogP contribution in [0.15, 0.2) is 0 Å². The van der Waals surface area contributed by atoms with Gasteiger partial charge in [0.2, 0.25) is 0 Å². The SMILES string of the molecule is CC1(C)CCC[C@@]2(C)C1CCC1(C)C3CCCC3CCC12. The fourth-order valence-electron chi connectivity index (χ4n) is 8.42. The Hall–Kier alpha value is 0. The maximum Gasteiger partial charge on any atom is -0.0259 e. The van der Waals surface area contributed by atoms with E-state index in [-0.39, 0.29) is 0 Å². The van der Waals surface area contributed by atoms with Gasteiger partial charge in [0, 0.05) is 0 Å². The molecule has 0 aromatic rings. The van der Waals surface area contributed by atoms with Crippen molar-refractivity contribution in [2.75, 3.05) is 0 Å². The lowest BCUT2D eigenvalue weighted by Gasteiger charge is -2.66. The van der Waals surface area contributed by atoms with Crippen LogP contribution < -0.4 is 0 Å². The molecule has 0 radical (unpaired) electrons. The maximum absolute atomic E-state index is 2.73. The van der Waals surface area contributed by atoms with Crippen LogP contribution in [-0.4, -0.2) is 0 Å². The van der Waals surface area contributed by atoms with Crippen LogP contribution in [0.25, 0.3) is 0 Å². The molecule has 5 unspecified atom stereocenters. The predicted octanol–water partition coefficient (Wildman–Crippen LogP) is 6.45. The largest absolute Gasteiger partial charge is 0.0596 e. The smallest absolute Gasteiger partial charge is 0.0259 e. The van der Waals surface area contributed by atoms with Gasteiger partial charge in [-0.3, -0.25) is 0 Å². The molecular formula is C21H36. The molecule has 0 spiro atoms. The Morgan fingerprint density at radius 1 is 0.619 bits per heavy atom. The van der Waals surface area contributed by atoms with E-state index >= 15 is 0 Å². The van der Waals surface area contributed by atoms with Crippen LogP contribution in [0.5, 0.6) is 0 Å². The lowest BCUT2D eigenvalue weighted by atomic mass is 9.39. The Labute approximate surface area is 132 Å². The van der Waals surface area contributed by atoms with Crippen LogP contribution in [0.4, 0.5) is 0 Å². The fourth-order valence-corrected chi connectivity index (χ4v) is 8.42. The minimum atomic E-state index is 0.598. The topological polar surface area (TPSA) is 0 Å². The monoisotopic (exact) mass is 288 g/mol. The van der Waals surface area contributed by atoms with Gasteiger partial charge in [-0.05, 0) is 84.9 Å². The first-order valence-corrected chi connectivity index (χ1v) is 9.88. The van der Waals surface area contributed by atoms with Gasteiger partial charge in [-0.1, -0.05) is 47.0 Å². The van der Waals surface area contributed by atoms with Crippen LogP contribution in [0.3, 0.4) is 0 Å². The quantitative estimate of drug-likeness (QED) is 0.481. The number of fused-ring (bicyclic) bond motifs is 5. The molecule has 0 aromatic heterocycles. The Balaban J connectivity index is 1.71. The molecule has 0 heterocycles. The van der Waals surface area contributed by atoms with E-state index in [0.717, 1.165) is 23.7 Å². The van der Waals surface area contributed by atoms with Gasteiger partial charge in [0.15, 0.2) is 0 Å². The van der Waals surface area contributed by atoms with Gasteiger partial charge >= 0.3 is 0 Å². The van der Waals surface area contributed by atoms with E-state index in [9.17, 15) is 0 Å². The lowest BCUT2D eigenvalue weighted by Crippen LogP contribution is -2.58. The van der Waals surface area contributed by atoms with Crippen molar-refractivity contribution in [2.24, 2.45) is 39.9 Å². The first-order chi connectivity index (χ1) is 9.88. The summed E-state index contributed by atoms with van der Waals surface area (Å²) in [6.07, 6.45) is 15.3. The van der Waals surface area contributed by atoms with Crippen LogP contribution in [0, 0.1) is 39.9 Å². The average molecular weight is 289 g/mol. The molecule has 0 nitrogen and oxygen atoms in total. The highest BCUT2D eigenvalue weighted by molar-refractivity contribution is 5.11. The molecule has 4 fully saturated rings. The van der Waals surface area contributed by atoms with Crippen LogP contribution in [0.2, 0.25) is 0 Å². The first-order valence-electron chi connectivity index (χ1n) is 9.88. The molecule has 6 atom stereocenters. The highest BCUT2D eigenvalue weighted by Crippen LogP contribution is 2.70. The number of hydrogen-bond donors (Lipinski definition) is 0. The zero-order valence-corrected chi connectivity index (χ0v) is 14.9. The van der Waals surface area contributed by atoms with E-state index in [4.69, 9.17) is 0 Å². The van der Waals surface area contributed by atoms with Crippen molar-refractivity contribution in [1.29, 1.82) is 0 Å². The number of hydrogen-bond acceptors (Lipinski definition) is 0. The molecule has 4 saturated carbocycles. The molecule has 4 rings (SSSR count). The summed E-state index contributed by atoms with van der Waals surface area (Å²) in [4.78, 5) is 0. The van der Waals surface area contributed by atoms with Crippen LogP contribution in [0.1, 0.15) is 91.9 Å². The van der Waals surface area contributed by atoms with Crippen molar-refractivity contribution >= 4 is 0 Å². The second-order valence-electron chi connectivity index (χ2n) is 10.4. The van der Waals surface area contributed by atoms with Crippen molar-refractivity contribution in [3.63, 3.8) is 0 Å². The average Bonchev–Trinajstić information content (AvgIpc) is 2.86. The van der Waals surface area contributed by atoms with E-state index in [1.54, 1.807) is 32.1 Å². The third kappa shape index (κ3) is 1.86. The zero-order chi connectivity index (χ0) is 14.9. The van der Waals surface area contributed by atoms with Crippen molar-refractivity contribution < 1.29 is 0 Å². The van der Waals surface area contributed by atoms with Crippen LogP contribution in [-0.2, 0) is 0 Å². The molecule has 0 aliphatic heterocycles. The highest BCUT2D eigenvalue weighted by Gasteiger charge is 2.62. The molecule has 0 aromatic carbocycles. The second-order valence-corrected chi connectivity index (χ2v) is 10.4. The third-order valence-corrected chi connectivity index (χ3v) is 9.17. The van der Waals surface area contributed by atoms with Gasteiger partial charge in [-0.25, -0.2) is 0 Å². The first kappa shape index (κ1) is 14.6. The van der Waals surface area contributed by atoms with Crippen molar-refractivity contribution in [3.05, 3.63) is 0 Å². The van der Waals surface area contributed by atoms with Crippen molar-refractivity contribution in [2.45, 2.75) is 91.9 Å². The third-order valence-electron chi connectivity index (χ3n) is 9.17. The molecule has 0 heteroatoms. The molecule has 0 amide bonds. The molecular weight excluding hydrogens is 252 g/mol. The van der Waals surface area contributed by atoms with Gasteiger partial charge in [0.05, 0.1) is 0 Å². The van der Waals surface area contributed by atoms with E-state index in [0.29, 0.717) is 16.2 Å². The van der Waals surface area contributed by atoms with Gasteiger partial charge in [-0.15, -0.1) is 0 Å². The minimum Gasteiger partial charge on any atom is -0.0596 e. The van der Waals surface area contributed by atoms with Gasteiger partial charge in [-0.2, -0.15) is 0 Å². The van der Waals surface area contributed by atoms with Gasteiger partial charge < -0.3 is 0 Å². The lowest BCUT2D eigenvalue weighted by molar-refractivity contribution is -0.170. The minimum absolute atomic E-state index is 0.598. The Morgan fingerprint density at radius 3 is 2.24 bits per heavy atom. The number of rotatable bonds is 0. The summed E-state index contributed by atoms with van der Waals surface area (Å²) in [6.45, 7) is 10.6. The Kier molecular flexibility index (Phi) is 3.13. The summed E-state index contributed by atoms with van der Waals surface area (Å²) in [5.74, 6) is 4.21. The normalized spacial score (nSPS) is 55.4. The molecule has 0 bridgehead atoms. The molecule has 0 saturated heterocycles. The molecule has 4 aliphatic rings. The molecule has 21 heavy (non-hydrogen) atoms. The summed E-state index contributed by atoms with van der Waals surface area (Å²) >= 11 is 0. The van der Waals surface area contributed by atoms with Gasteiger partial charge in [0.25, 0.3) is 0 Å². The molecule has 4 aliphatic carbocycles. The zero-order valence-electron chi connectivity index (χ0n) is 14.9. The fraction of sp³-hybridized carbons (Fsp3) is 1.00. The highest BCUT2D eigenvalue weighted by atomic mass is 14.7. The second kappa shape index (κ2) is 4.51. The Morgan fingerprint density at radius 2 is 1.43 bits per heavy atom. The summed E-state index contributed by atoms with van der Waals surface area (Å²) < 4.78 is 0. The summed E-state index contributed by atoms with van der Waals surface area (Å²) in [5, 5.41) is 0. The van der Waals surface area contributed by atoms with E-state index in [1.165, 1.54) is 32.1 Å². The van der Waals surface area contributed by atoms with E-state index in [1.807, 2.05) is 0 Å². The standard InChI is InChI=1S/C21H36/c1-19(2)12-6-13-21(4)17(19)11-14-20(3)16-8-5-7-15(16)9-10-18(20)21/h15-18H,5-14H2,1-4H3/t15?,16?,17?,18?,20?,21-/m0/s1. The summed E-state index contributed by atoms with van der Waals surface area (Å²) in [7, 11) is 0. The Bertz CT molecular complexity index is 422. The molecule has 0 N–H and O–H groups in total. The van der Waals surface area contributed by atoms with Crippen molar-refractivity contribution in [3.8, 4) is 0 Å². The summed E-state index contributed by atoms with van der Waals surface area (Å²) in [5.41, 5.74) is 1.95. The summed E-state index contributed by atoms with van der Waals surface area (Å²) in [6, 6.07) is 0. The van der Waals surface area contributed by atoms with Gasteiger partial charge in [0.1, 0.15) is 0 Å². The van der Waals surface area contributed by atoms with E-state index in [2.05, 4.69) is 27.7 Å². The molecule has 120 valence electrons. The predicted molar refractivity (Wildman–Crippen MR) is 90.1 cm³/mol. The van der Waals surface area contributed by atoms with Crippen LogP contribution >= 0.6 is 0 Å².